The molecule has 0 atom stereocenters. The molecular formula is C23H24BrFN2O. The largest absolute Gasteiger partial charge is 0.493 e. The van der Waals surface area contributed by atoms with E-state index in [1.165, 1.54) is 12.1 Å². The third-order valence-corrected chi connectivity index (χ3v) is 4.69. The average molecular weight is 443 g/mol. The molecule has 0 bridgehead atoms. The van der Waals surface area contributed by atoms with Crippen LogP contribution in [0.1, 0.15) is 25.0 Å². The van der Waals surface area contributed by atoms with Gasteiger partial charge in [-0.2, -0.15) is 0 Å². The predicted octanol–water partition coefficient (Wildman–Crippen LogP) is 6.22. The van der Waals surface area contributed by atoms with E-state index in [0.717, 1.165) is 27.2 Å². The van der Waals surface area contributed by atoms with E-state index in [4.69, 9.17) is 4.74 Å². The van der Waals surface area contributed by atoms with E-state index >= 15 is 0 Å². The highest BCUT2D eigenvalue weighted by atomic mass is 79.9. The molecule has 2 aromatic carbocycles. The number of ether oxygens (including phenoxy) is 1. The Bertz CT molecular complexity index is 882. The quantitative estimate of drug-likeness (QED) is 0.413. The maximum atomic E-state index is 13.3. The van der Waals surface area contributed by atoms with Crippen molar-refractivity contribution in [3.05, 3.63) is 88.3 Å². The van der Waals surface area contributed by atoms with Gasteiger partial charge in [-0.1, -0.05) is 54.0 Å². The Morgan fingerprint density at radius 3 is 2.14 bits per heavy atom. The molecule has 5 heteroatoms. The third-order valence-electron chi connectivity index (χ3n) is 4.20. The number of aromatic nitrogens is 1. The minimum Gasteiger partial charge on any atom is -0.493 e. The number of benzene rings is 2. The first-order chi connectivity index (χ1) is 13.5. The molecule has 146 valence electrons. The highest BCUT2D eigenvalue weighted by Crippen LogP contribution is 2.23. The summed E-state index contributed by atoms with van der Waals surface area (Å²) in [5.41, 5.74) is 2.18. The molecule has 0 N–H and O–H groups in total. The summed E-state index contributed by atoms with van der Waals surface area (Å²) in [5.74, 6) is 2.00. The normalized spacial score (nSPS) is 10.9. The standard InChI is InChI=1S/C23H24BrFN2O/c1-17(2)16-28-22-9-5-19(6-10-22)15-27(23-13-20(24)11-12-26-23)14-18-3-7-21(25)8-4-18/h3-13,17H,14-16H2,1-2H3. The molecule has 28 heavy (non-hydrogen) atoms. The minimum atomic E-state index is -0.229. The molecule has 0 aliphatic heterocycles. The average Bonchev–Trinajstić information content (AvgIpc) is 2.68. The van der Waals surface area contributed by atoms with Gasteiger partial charge in [0.05, 0.1) is 6.61 Å². The number of rotatable bonds is 8. The molecule has 3 rings (SSSR count). The zero-order valence-corrected chi connectivity index (χ0v) is 17.7. The van der Waals surface area contributed by atoms with Gasteiger partial charge in [-0.15, -0.1) is 0 Å². The molecule has 0 aliphatic carbocycles. The van der Waals surface area contributed by atoms with Crippen molar-refractivity contribution >= 4 is 21.7 Å². The van der Waals surface area contributed by atoms with E-state index in [-0.39, 0.29) is 5.82 Å². The van der Waals surface area contributed by atoms with Crippen LogP contribution in [0.3, 0.4) is 0 Å². The van der Waals surface area contributed by atoms with Gasteiger partial charge in [0.15, 0.2) is 0 Å². The maximum Gasteiger partial charge on any atom is 0.130 e. The highest BCUT2D eigenvalue weighted by molar-refractivity contribution is 9.10. The molecule has 0 amide bonds. The SMILES string of the molecule is CC(C)COc1ccc(CN(Cc2ccc(F)cc2)c2cc(Br)ccn2)cc1. The van der Waals surface area contributed by atoms with Crippen LogP contribution in [0.4, 0.5) is 10.2 Å². The molecule has 3 nitrogen and oxygen atoms in total. The molecule has 0 saturated carbocycles. The second kappa shape index (κ2) is 9.69. The Hall–Kier alpha value is -2.40. The molecule has 1 heterocycles. The van der Waals surface area contributed by atoms with Crippen molar-refractivity contribution in [3.8, 4) is 5.75 Å². The van der Waals surface area contributed by atoms with Crippen LogP contribution in [-0.2, 0) is 13.1 Å². The first kappa shape index (κ1) is 20.3. The van der Waals surface area contributed by atoms with Gasteiger partial charge in [0.2, 0.25) is 0 Å². The molecular weight excluding hydrogens is 419 g/mol. The second-order valence-corrected chi connectivity index (χ2v) is 8.08. The smallest absolute Gasteiger partial charge is 0.130 e. The van der Waals surface area contributed by atoms with Crippen molar-refractivity contribution in [2.24, 2.45) is 5.92 Å². The number of hydrogen-bond acceptors (Lipinski definition) is 3. The van der Waals surface area contributed by atoms with Crippen molar-refractivity contribution in [2.45, 2.75) is 26.9 Å². The molecule has 0 spiro atoms. The van der Waals surface area contributed by atoms with Gasteiger partial charge in [-0.3, -0.25) is 0 Å². The van der Waals surface area contributed by atoms with E-state index in [1.807, 2.05) is 36.4 Å². The summed E-state index contributed by atoms with van der Waals surface area (Å²) in [6.45, 7) is 6.29. The Kier molecular flexibility index (Phi) is 7.04. The number of hydrogen-bond donors (Lipinski definition) is 0. The fraction of sp³-hybridized carbons (Fsp3) is 0.261. The van der Waals surface area contributed by atoms with Crippen molar-refractivity contribution in [2.75, 3.05) is 11.5 Å². The highest BCUT2D eigenvalue weighted by Gasteiger charge is 2.11. The van der Waals surface area contributed by atoms with Crippen LogP contribution in [0.15, 0.2) is 71.3 Å². The van der Waals surface area contributed by atoms with E-state index in [2.05, 4.69) is 51.8 Å². The monoisotopic (exact) mass is 442 g/mol. The number of pyridine rings is 1. The zero-order valence-electron chi connectivity index (χ0n) is 16.1. The summed E-state index contributed by atoms with van der Waals surface area (Å²) in [5, 5.41) is 0. The second-order valence-electron chi connectivity index (χ2n) is 7.16. The van der Waals surface area contributed by atoms with E-state index in [9.17, 15) is 4.39 Å². The van der Waals surface area contributed by atoms with Crippen molar-refractivity contribution < 1.29 is 9.13 Å². The Morgan fingerprint density at radius 2 is 1.57 bits per heavy atom. The van der Waals surface area contributed by atoms with Crippen LogP contribution in [0.2, 0.25) is 0 Å². The number of anilines is 1. The predicted molar refractivity (Wildman–Crippen MR) is 115 cm³/mol. The van der Waals surface area contributed by atoms with Crippen LogP contribution < -0.4 is 9.64 Å². The summed E-state index contributed by atoms with van der Waals surface area (Å²) in [6, 6.07) is 18.6. The van der Waals surface area contributed by atoms with E-state index < -0.39 is 0 Å². The van der Waals surface area contributed by atoms with Crippen LogP contribution in [0, 0.1) is 11.7 Å². The van der Waals surface area contributed by atoms with Gasteiger partial charge in [-0.25, -0.2) is 9.37 Å². The lowest BCUT2D eigenvalue weighted by molar-refractivity contribution is 0.271. The summed E-state index contributed by atoms with van der Waals surface area (Å²) >= 11 is 3.52. The van der Waals surface area contributed by atoms with Crippen LogP contribution in [0.25, 0.3) is 0 Å². The van der Waals surface area contributed by atoms with Crippen LogP contribution in [-0.4, -0.2) is 11.6 Å². The van der Waals surface area contributed by atoms with Gasteiger partial charge < -0.3 is 9.64 Å². The fourth-order valence-electron chi connectivity index (χ4n) is 2.77. The molecule has 0 fully saturated rings. The van der Waals surface area contributed by atoms with Crippen molar-refractivity contribution in [1.29, 1.82) is 0 Å². The zero-order chi connectivity index (χ0) is 19.9. The molecule has 0 unspecified atom stereocenters. The lowest BCUT2D eigenvalue weighted by Gasteiger charge is -2.24. The molecule has 0 aliphatic rings. The Labute approximate surface area is 174 Å². The Morgan fingerprint density at radius 1 is 0.964 bits per heavy atom. The van der Waals surface area contributed by atoms with Gasteiger partial charge >= 0.3 is 0 Å². The van der Waals surface area contributed by atoms with E-state index in [0.29, 0.717) is 25.6 Å². The first-order valence-corrected chi connectivity index (χ1v) is 10.1. The topological polar surface area (TPSA) is 25.4 Å². The van der Waals surface area contributed by atoms with Crippen molar-refractivity contribution in [1.82, 2.24) is 4.98 Å². The summed E-state index contributed by atoms with van der Waals surface area (Å²) in [4.78, 5) is 6.68. The fourth-order valence-corrected chi connectivity index (χ4v) is 3.09. The van der Waals surface area contributed by atoms with Crippen LogP contribution in [0.5, 0.6) is 5.75 Å². The van der Waals surface area contributed by atoms with E-state index in [1.54, 1.807) is 6.20 Å². The van der Waals surface area contributed by atoms with Gasteiger partial charge in [0.1, 0.15) is 17.4 Å². The maximum absolute atomic E-state index is 13.3. The minimum absolute atomic E-state index is 0.229. The lowest BCUT2D eigenvalue weighted by atomic mass is 10.1. The van der Waals surface area contributed by atoms with Gasteiger partial charge in [0.25, 0.3) is 0 Å². The molecule has 3 aromatic rings. The molecule has 0 saturated heterocycles. The number of halogens is 2. The first-order valence-electron chi connectivity index (χ1n) is 9.32. The van der Waals surface area contributed by atoms with Crippen molar-refractivity contribution in [3.63, 3.8) is 0 Å². The summed E-state index contributed by atoms with van der Waals surface area (Å²) in [7, 11) is 0. The van der Waals surface area contributed by atoms with Gasteiger partial charge in [0, 0.05) is 23.8 Å². The van der Waals surface area contributed by atoms with Crippen LogP contribution >= 0.6 is 15.9 Å². The number of nitrogens with zero attached hydrogens (tertiary/aromatic N) is 2. The van der Waals surface area contributed by atoms with Gasteiger partial charge in [-0.05, 0) is 53.4 Å². The summed E-state index contributed by atoms with van der Waals surface area (Å²) in [6.07, 6.45) is 1.78. The Balaban J connectivity index is 1.77. The molecule has 0 radical (unpaired) electrons. The summed E-state index contributed by atoms with van der Waals surface area (Å²) < 4.78 is 20.0. The molecule has 1 aromatic heterocycles. The third kappa shape index (κ3) is 6.06. The lowest BCUT2D eigenvalue weighted by Crippen LogP contribution is -2.23.